The molecule has 34 heavy (non-hydrogen) atoms. The van der Waals surface area contributed by atoms with E-state index in [1.54, 1.807) is 0 Å². The largest absolute Gasteiger partial charge is 0.398 e. The average molecular weight is 458 g/mol. The van der Waals surface area contributed by atoms with Crippen LogP contribution in [0.4, 0.5) is 5.69 Å². The van der Waals surface area contributed by atoms with Crippen LogP contribution in [-0.2, 0) is 17.8 Å². The van der Waals surface area contributed by atoms with Crippen molar-refractivity contribution in [3.63, 3.8) is 0 Å². The molecule has 176 valence electrons. The molecule has 2 aromatic carbocycles. The van der Waals surface area contributed by atoms with Crippen molar-refractivity contribution < 1.29 is 4.74 Å². The van der Waals surface area contributed by atoms with Crippen molar-refractivity contribution in [2.75, 3.05) is 32.0 Å². The molecule has 0 aliphatic carbocycles. The number of benzene rings is 2. The van der Waals surface area contributed by atoms with Crippen molar-refractivity contribution in [3.8, 4) is 11.1 Å². The van der Waals surface area contributed by atoms with Crippen molar-refractivity contribution in [2.45, 2.75) is 20.0 Å². The van der Waals surface area contributed by atoms with Gasteiger partial charge >= 0.3 is 0 Å². The maximum Gasteiger partial charge on any atom is 0.149 e. The molecule has 0 spiro atoms. The van der Waals surface area contributed by atoms with Crippen molar-refractivity contribution in [2.24, 2.45) is 15.7 Å². The third kappa shape index (κ3) is 5.41. The Bertz CT molecular complexity index is 1190. The number of ether oxygens (including phenoxy) is 1. The van der Waals surface area contributed by atoms with Crippen molar-refractivity contribution >= 4 is 24.1 Å². The molecule has 0 atom stereocenters. The summed E-state index contributed by atoms with van der Waals surface area (Å²) in [4.78, 5) is 14.4. The zero-order valence-electron chi connectivity index (χ0n) is 19.4. The number of H-pyrrole nitrogens is 1. The molecule has 1 aromatic heterocycles. The second-order valence-electron chi connectivity index (χ2n) is 8.31. The zero-order valence-corrected chi connectivity index (χ0v) is 19.4. The summed E-state index contributed by atoms with van der Waals surface area (Å²) in [7, 11) is 0. The van der Waals surface area contributed by atoms with Crippen LogP contribution < -0.4 is 11.5 Å². The molecule has 0 saturated carbocycles. The predicted octanol–water partition coefficient (Wildman–Crippen LogP) is 3.34. The number of hydrogen-bond acceptors (Lipinski definition) is 5. The number of hydrogen-bond donors (Lipinski definition) is 4. The fourth-order valence-corrected chi connectivity index (χ4v) is 4.15. The minimum atomic E-state index is 0.272. The standard InChI is InChI=1S/C26H31N7O/c1-18-23(16-33-9-11-34-12-10-33)32-25(26(29)31-17-27)24(18)20-7-8-21(22(28)13-20)15-30-14-19-5-3-2-4-6-19/h2-8,13,15,17,32H,9-12,14,16,28H2,1H3,(H3,27,29,31). The number of rotatable bonds is 8. The number of aromatic amines is 1. The number of nitrogen functional groups attached to an aromatic ring is 1. The Hall–Kier alpha value is -3.75. The normalized spacial score (nSPS) is 15.1. The Balaban J connectivity index is 1.63. The van der Waals surface area contributed by atoms with Gasteiger partial charge in [0.15, 0.2) is 0 Å². The molecule has 4 rings (SSSR count). The number of nitrogens with one attached hydrogen (secondary N) is 2. The molecule has 1 aliphatic heterocycles. The van der Waals surface area contributed by atoms with Crippen LogP contribution in [0.1, 0.15) is 28.1 Å². The summed E-state index contributed by atoms with van der Waals surface area (Å²) in [5.74, 6) is 0.272. The molecular formula is C26H31N7O. The van der Waals surface area contributed by atoms with Gasteiger partial charge < -0.3 is 21.2 Å². The highest BCUT2D eigenvalue weighted by molar-refractivity contribution is 6.06. The van der Waals surface area contributed by atoms with Gasteiger partial charge in [0.05, 0.1) is 25.5 Å². The summed E-state index contributed by atoms with van der Waals surface area (Å²) >= 11 is 0. The van der Waals surface area contributed by atoms with E-state index in [-0.39, 0.29) is 5.84 Å². The Labute approximate surface area is 199 Å². The summed E-state index contributed by atoms with van der Waals surface area (Å²) in [6, 6.07) is 16.0. The molecule has 1 fully saturated rings. The van der Waals surface area contributed by atoms with Crippen molar-refractivity contribution in [1.82, 2.24) is 9.88 Å². The summed E-state index contributed by atoms with van der Waals surface area (Å²) < 4.78 is 5.47. The molecule has 0 radical (unpaired) electrons. The van der Waals surface area contributed by atoms with Gasteiger partial charge in [-0.1, -0.05) is 42.5 Å². The molecule has 0 amide bonds. The first-order valence-corrected chi connectivity index (χ1v) is 11.3. The van der Waals surface area contributed by atoms with Crippen LogP contribution in [-0.4, -0.2) is 54.6 Å². The van der Waals surface area contributed by atoms with Gasteiger partial charge in [0.25, 0.3) is 0 Å². The van der Waals surface area contributed by atoms with Crippen LogP contribution in [0, 0.1) is 12.3 Å². The summed E-state index contributed by atoms with van der Waals surface area (Å²) in [5, 5.41) is 7.35. The molecule has 3 aromatic rings. The number of nitrogens with zero attached hydrogens (tertiary/aromatic N) is 3. The average Bonchev–Trinajstić information content (AvgIpc) is 3.17. The van der Waals surface area contributed by atoms with Gasteiger partial charge in [-0.25, -0.2) is 4.99 Å². The molecule has 1 aliphatic rings. The van der Waals surface area contributed by atoms with Crippen molar-refractivity contribution in [3.05, 3.63) is 76.6 Å². The predicted molar refractivity (Wildman–Crippen MR) is 139 cm³/mol. The molecule has 8 nitrogen and oxygen atoms in total. The van der Waals surface area contributed by atoms with E-state index >= 15 is 0 Å². The lowest BCUT2D eigenvalue weighted by atomic mass is 9.98. The minimum absolute atomic E-state index is 0.272. The van der Waals surface area contributed by atoms with Gasteiger partial charge in [0, 0.05) is 48.4 Å². The summed E-state index contributed by atoms with van der Waals surface area (Å²) in [6.45, 7) is 6.69. The van der Waals surface area contributed by atoms with Crippen LogP contribution in [0.3, 0.4) is 0 Å². The van der Waals surface area contributed by atoms with Gasteiger partial charge in [-0.05, 0) is 29.7 Å². The van der Waals surface area contributed by atoms with Gasteiger partial charge in [-0.2, -0.15) is 0 Å². The highest BCUT2D eigenvalue weighted by Gasteiger charge is 2.21. The number of anilines is 1. The molecule has 1 saturated heterocycles. The fourth-order valence-electron chi connectivity index (χ4n) is 4.15. The first-order valence-electron chi connectivity index (χ1n) is 11.3. The van der Waals surface area contributed by atoms with E-state index in [0.29, 0.717) is 17.9 Å². The van der Waals surface area contributed by atoms with Gasteiger partial charge in [0.1, 0.15) is 12.2 Å². The second-order valence-corrected chi connectivity index (χ2v) is 8.31. The van der Waals surface area contributed by atoms with E-state index in [2.05, 4.69) is 38.9 Å². The maximum atomic E-state index is 7.35. The topological polar surface area (TPSA) is 129 Å². The number of nitrogens with two attached hydrogens (primary N) is 2. The summed E-state index contributed by atoms with van der Waals surface area (Å²) in [6.07, 6.45) is 2.77. The molecule has 0 bridgehead atoms. The van der Waals surface area contributed by atoms with E-state index < -0.39 is 0 Å². The Kier molecular flexibility index (Phi) is 7.51. The van der Waals surface area contributed by atoms with Gasteiger partial charge in [0.2, 0.25) is 0 Å². The number of amidine groups is 1. The fraction of sp³-hybridized carbons (Fsp3) is 0.269. The summed E-state index contributed by atoms with van der Waals surface area (Å²) in [5.41, 5.74) is 20.0. The third-order valence-electron chi connectivity index (χ3n) is 6.02. The zero-order chi connectivity index (χ0) is 23.9. The smallest absolute Gasteiger partial charge is 0.149 e. The van der Waals surface area contributed by atoms with E-state index in [9.17, 15) is 0 Å². The van der Waals surface area contributed by atoms with Gasteiger partial charge in [-0.3, -0.25) is 15.3 Å². The van der Waals surface area contributed by atoms with Crippen LogP contribution in [0.15, 0.2) is 58.5 Å². The molecule has 0 unspecified atom stereocenters. The maximum absolute atomic E-state index is 7.35. The quantitative estimate of drug-likeness (QED) is 0.235. The van der Waals surface area contributed by atoms with E-state index in [0.717, 1.165) is 72.7 Å². The highest BCUT2D eigenvalue weighted by Crippen LogP contribution is 2.32. The minimum Gasteiger partial charge on any atom is -0.398 e. The van der Waals surface area contributed by atoms with Crippen LogP contribution in [0.2, 0.25) is 0 Å². The Morgan fingerprint density at radius 3 is 2.65 bits per heavy atom. The SMILES string of the molecule is Cc1c(CN2CCOCC2)[nH]c(C(N)=NC=N)c1-c1ccc(C=NCc2ccccc2)c(N)c1. The van der Waals surface area contributed by atoms with Crippen LogP contribution in [0.25, 0.3) is 11.1 Å². The van der Waals surface area contributed by atoms with E-state index in [1.807, 2.05) is 42.6 Å². The monoisotopic (exact) mass is 457 g/mol. The second kappa shape index (κ2) is 10.9. The van der Waals surface area contributed by atoms with Crippen LogP contribution in [0.5, 0.6) is 0 Å². The Morgan fingerprint density at radius 2 is 1.94 bits per heavy atom. The molecule has 6 N–H and O–H groups in total. The van der Waals surface area contributed by atoms with E-state index in [4.69, 9.17) is 21.6 Å². The third-order valence-corrected chi connectivity index (χ3v) is 6.02. The van der Waals surface area contributed by atoms with Crippen molar-refractivity contribution in [1.29, 1.82) is 5.41 Å². The molecular weight excluding hydrogens is 426 g/mol. The lowest BCUT2D eigenvalue weighted by molar-refractivity contribution is 0.0336. The number of aromatic nitrogens is 1. The van der Waals surface area contributed by atoms with E-state index in [1.165, 1.54) is 0 Å². The van der Waals surface area contributed by atoms with Crippen LogP contribution >= 0.6 is 0 Å². The highest BCUT2D eigenvalue weighted by atomic mass is 16.5. The Morgan fingerprint density at radius 1 is 1.18 bits per heavy atom. The number of aliphatic imine (C=N–C) groups is 2. The number of morpholine rings is 1. The first-order chi connectivity index (χ1) is 16.6. The first kappa shape index (κ1) is 23.4. The molecule has 8 heteroatoms. The van der Waals surface area contributed by atoms with Gasteiger partial charge in [-0.15, -0.1) is 0 Å². The lowest BCUT2D eigenvalue weighted by Gasteiger charge is -2.26. The lowest BCUT2D eigenvalue weighted by Crippen LogP contribution is -2.35. The molecule has 2 heterocycles.